The largest absolute Gasteiger partial charge is 0.459 e. The van der Waals surface area contributed by atoms with Crippen LogP contribution in [-0.4, -0.2) is 23.8 Å². The van der Waals surface area contributed by atoms with Gasteiger partial charge in [0.1, 0.15) is 6.10 Å². The predicted molar refractivity (Wildman–Crippen MR) is 81.8 cm³/mol. The van der Waals surface area contributed by atoms with Crippen molar-refractivity contribution in [3.05, 3.63) is 35.9 Å². The fraction of sp³-hybridized carbons (Fsp3) is 0.533. The number of hydrogen-bond donors (Lipinski definition) is 1. The van der Waals surface area contributed by atoms with Crippen LogP contribution in [0.5, 0.6) is 0 Å². The Kier molecular flexibility index (Phi) is 8.52. The van der Waals surface area contributed by atoms with E-state index in [1.165, 1.54) is 0 Å². The molecular weight excluding hydrogens is 260 g/mol. The zero-order valence-corrected chi connectivity index (χ0v) is 11.3. The monoisotopic (exact) mass is 284 g/mol. The Morgan fingerprint density at radius 1 is 1.26 bits per heavy atom. The first-order valence-electron chi connectivity index (χ1n) is 6.16. The third kappa shape index (κ3) is 5.25. The average molecular weight is 284 g/mol. The van der Waals surface area contributed by atoms with Gasteiger partial charge in [-0.05, 0) is 43.7 Å². The van der Waals surface area contributed by atoms with Gasteiger partial charge in [-0.3, -0.25) is 0 Å². The number of esters is 1. The summed E-state index contributed by atoms with van der Waals surface area (Å²) >= 11 is 0. The highest BCUT2D eigenvalue weighted by Gasteiger charge is 2.27. The summed E-state index contributed by atoms with van der Waals surface area (Å²) in [4.78, 5) is 11.8. The highest BCUT2D eigenvalue weighted by atomic mass is 32.1. The summed E-state index contributed by atoms with van der Waals surface area (Å²) < 4.78 is 5.45. The molecule has 0 bridgehead atoms. The highest BCUT2D eigenvalue weighted by molar-refractivity contribution is 7.59. The number of hydrogen-bond acceptors (Lipinski definition) is 3. The maximum absolute atomic E-state index is 11.8. The van der Waals surface area contributed by atoms with Gasteiger partial charge in [-0.1, -0.05) is 25.6 Å². The lowest BCUT2D eigenvalue weighted by atomic mass is 10.1. The first-order valence-corrected chi connectivity index (χ1v) is 6.16. The summed E-state index contributed by atoms with van der Waals surface area (Å²) in [6.07, 6.45) is 3.70. The summed E-state index contributed by atoms with van der Waals surface area (Å²) in [7, 11) is 0. The van der Waals surface area contributed by atoms with Crippen LogP contribution in [0.2, 0.25) is 0 Å². The van der Waals surface area contributed by atoms with Gasteiger partial charge in [0.25, 0.3) is 0 Å². The molecule has 2 atom stereocenters. The van der Waals surface area contributed by atoms with Gasteiger partial charge in [0, 0.05) is 6.61 Å². The smallest absolute Gasteiger partial charge is 0.338 e. The molecule has 1 saturated carbocycles. The van der Waals surface area contributed by atoms with Crippen molar-refractivity contribution in [3.63, 3.8) is 0 Å². The Hall–Kier alpha value is -1.00. The molecule has 0 radical (unpaired) electrons. The first-order chi connectivity index (χ1) is 8.29. The van der Waals surface area contributed by atoms with Crippen LogP contribution >= 0.6 is 13.5 Å². The molecule has 3 nitrogen and oxygen atoms in total. The second-order valence-electron chi connectivity index (χ2n) is 4.58. The fourth-order valence-electron chi connectivity index (χ4n) is 2.37. The Balaban J connectivity index is 0.00000162. The lowest BCUT2D eigenvalue weighted by molar-refractivity contribution is 0.0307. The maximum atomic E-state index is 11.8. The molecule has 4 heteroatoms. The molecule has 0 aromatic heterocycles. The van der Waals surface area contributed by atoms with Gasteiger partial charge in [0.05, 0.1) is 5.56 Å². The summed E-state index contributed by atoms with van der Waals surface area (Å²) in [5, 5.41) is 8.87. The number of benzene rings is 1. The van der Waals surface area contributed by atoms with E-state index in [-0.39, 0.29) is 39.6 Å². The zero-order valence-electron chi connectivity index (χ0n) is 10.3. The number of aliphatic hydroxyl groups excluding tert-OH is 1. The number of aliphatic hydroxyl groups is 1. The molecule has 0 amide bonds. The van der Waals surface area contributed by atoms with Gasteiger partial charge in [0.15, 0.2) is 0 Å². The SMILES string of the molecule is C.O=C(O[C@@H]1CC[C@@H](CCO)C1)c1ccccc1.S. The fourth-order valence-corrected chi connectivity index (χ4v) is 2.37. The molecule has 1 fully saturated rings. The average Bonchev–Trinajstić information content (AvgIpc) is 2.78. The van der Waals surface area contributed by atoms with Gasteiger partial charge in [-0.15, -0.1) is 0 Å². The highest BCUT2D eigenvalue weighted by Crippen LogP contribution is 2.30. The molecule has 1 N–H and O–H groups in total. The molecule has 1 aliphatic carbocycles. The molecule has 0 unspecified atom stereocenters. The Morgan fingerprint density at radius 2 is 1.95 bits per heavy atom. The summed E-state index contributed by atoms with van der Waals surface area (Å²) in [5.41, 5.74) is 0.609. The second kappa shape index (κ2) is 8.99. The van der Waals surface area contributed by atoms with E-state index in [1.807, 2.05) is 18.2 Å². The van der Waals surface area contributed by atoms with Crippen molar-refractivity contribution in [1.82, 2.24) is 0 Å². The van der Waals surface area contributed by atoms with Crippen LogP contribution in [0.15, 0.2) is 30.3 Å². The van der Waals surface area contributed by atoms with Crippen molar-refractivity contribution in [3.8, 4) is 0 Å². The molecule has 2 rings (SSSR count). The number of carbonyl (C=O) groups excluding carboxylic acids is 1. The molecular formula is C15H24O3S. The van der Waals surface area contributed by atoms with Gasteiger partial charge >= 0.3 is 5.97 Å². The minimum atomic E-state index is -0.236. The minimum absolute atomic E-state index is 0. The molecule has 0 spiro atoms. The maximum Gasteiger partial charge on any atom is 0.338 e. The van der Waals surface area contributed by atoms with E-state index >= 15 is 0 Å². The lowest BCUT2D eigenvalue weighted by Gasteiger charge is -2.12. The summed E-state index contributed by atoms with van der Waals surface area (Å²) in [6.45, 7) is 0.226. The van der Waals surface area contributed by atoms with Gasteiger partial charge in [-0.25, -0.2) is 4.79 Å². The minimum Gasteiger partial charge on any atom is -0.459 e. The third-order valence-corrected chi connectivity index (χ3v) is 3.31. The van der Waals surface area contributed by atoms with Crippen LogP contribution in [0.4, 0.5) is 0 Å². The van der Waals surface area contributed by atoms with Crippen molar-refractivity contribution in [2.75, 3.05) is 6.61 Å². The summed E-state index contributed by atoms with van der Waals surface area (Å²) in [5.74, 6) is 0.272. The van der Waals surface area contributed by atoms with Crippen molar-refractivity contribution in [2.24, 2.45) is 5.92 Å². The van der Waals surface area contributed by atoms with Crippen molar-refractivity contribution >= 4 is 19.5 Å². The van der Waals surface area contributed by atoms with E-state index in [4.69, 9.17) is 9.84 Å². The standard InChI is InChI=1S/C14H18O3.CH4.H2S/c15-9-8-11-6-7-13(10-11)17-14(16)12-4-2-1-3-5-12;;/h1-5,11,13,15H,6-10H2;1H4;1H2/t11-,13+;;/m0../s1. The van der Waals surface area contributed by atoms with Crippen molar-refractivity contribution in [2.45, 2.75) is 39.2 Å². The van der Waals surface area contributed by atoms with Crippen molar-refractivity contribution in [1.29, 1.82) is 0 Å². The molecule has 0 saturated heterocycles. The normalized spacial score (nSPS) is 21.1. The zero-order chi connectivity index (χ0) is 12.1. The topological polar surface area (TPSA) is 46.5 Å². The molecule has 1 aromatic rings. The third-order valence-electron chi connectivity index (χ3n) is 3.31. The first kappa shape index (κ1) is 18.0. The Labute approximate surface area is 122 Å². The van der Waals surface area contributed by atoms with Gasteiger partial charge in [0.2, 0.25) is 0 Å². The lowest BCUT2D eigenvalue weighted by Crippen LogP contribution is -2.15. The van der Waals surface area contributed by atoms with E-state index in [0.29, 0.717) is 11.5 Å². The number of rotatable bonds is 4. The van der Waals surface area contributed by atoms with E-state index in [9.17, 15) is 4.79 Å². The number of carbonyl (C=O) groups is 1. The van der Waals surface area contributed by atoms with Crippen LogP contribution in [-0.2, 0) is 4.74 Å². The summed E-state index contributed by atoms with van der Waals surface area (Å²) in [6, 6.07) is 9.08. The molecule has 1 aliphatic rings. The number of ether oxygens (including phenoxy) is 1. The predicted octanol–water partition coefficient (Wildman–Crippen LogP) is 3.14. The van der Waals surface area contributed by atoms with E-state index in [2.05, 4.69) is 0 Å². The van der Waals surface area contributed by atoms with Crippen LogP contribution in [0.3, 0.4) is 0 Å². The van der Waals surface area contributed by atoms with E-state index in [0.717, 1.165) is 25.7 Å². The van der Waals surface area contributed by atoms with Crippen LogP contribution in [0.25, 0.3) is 0 Å². The second-order valence-corrected chi connectivity index (χ2v) is 4.58. The van der Waals surface area contributed by atoms with Gasteiger partial charge in [-0.2, -0.15) is 13.5 Å². The Morgan fingerprint density at radius 3 is 2.58 bits per heavy atom. The molecule has 1 aromatic carbocycles. The van der Waals surface area contributed by atoms with Crippen LogP contribution in [0, 0.1) is 5.92 Å². The quantitative estimate of drug-likeness (QED) is 0.864. The van der Waals surface area contributed by atoms with Crippen molar-refractivity contribution < 1.29 is 14.6 Å². The van der Waals surface area contributed by atoms with E-state index in [1.54, 1.807) is 12.1 Å². The molecule has 108 valence electrons. The van der Waals surface area contributed by atoms with E-state index < -0.39 is 0 Å². The Bertz CT molecular complexity index is 367. The molecule has 0 heterocycles. The molecule has 19 heavy (non-hydrogen) atoms. The van der Waals surface area contributed by atoms with Crippen LogP contribution in [0.1, 0.15) is 43.5 Å². The van der Waals surface area contributed by atoms with Crippen LogP contribution < -0.4 is 0 Å². The van der Waals surface area contributed by atoms with Gasteiger partial charge < -0.3 is 9.84 Å². The molecule has 0 aliphatic heterocycles.